The molecule has 0 saturated carbocycles. The van der Waals surface area contributed by atoms with Gasteiger partial charge >= 0.3 is 0 Å². The molecule has 1 aromatic rings. The number of benzene rings is 1. The van der Waals surface area contributed by atoms with E-state index in [4.69, 9.17) is 9.47 Å². The largest absolute Gasteiger partial charge is 0.454 e. The van der Waals surface area contributed by atoms with Crippen LogP contribution in [0.5, 0.6) is 11.5 Å². The lowest BCUT2D eigenvalue weighted by Gasteiger charge is -2.07. The lowest BCUT2D eigenvalue weighted by molar-refractivity contribution is -0.118. The Morgan fingerprint density at radius 3 is 2.78 bits per heavy atom. The average Bonchev–Trinajstić information content (AvgIpc) is 2.82. The minimum Gasteiger partial charge on any atom is -0.454 e. The van der Waals surface area contributed by atoms with E-state index in [9.17, 15) is 9.59 Å². The second-order valence-electron chi connectivity index (χ2n) is 3.78. The number of fused-ring (bicyclic) bond motifs is 1. The molecule has 2 rings (SSSR count). The van der Waals surface area contributed by atoms with E-state index in [0.717, 1.165) is 0 Å². The molecule has 2 amide bonds. The Labute approximate surface area is 104 Å². The smallest absolute Gasteiger partial charge is 0.255 e. The van der Waals surface area contributed by atoms with Gasteiger partial charge in [0, 0.05) is 20.0 Å². The van der Waals surface area contributed by atoms with Crippen LogP contribution >= 0.6 is 0 Å². The molecule has 0 atom stereocenters. The fourth-order valence-corrected chi connectivity index (χ4v) is 1.62. The molecule has 6 nitrogen and oxygen atoms in total. The number of carbonyl (C=O) groups is 2. The quantitative estimate of drug-likeness (QED) is 0.753. The van der Waals surface area contributed by atoms with E-state index in [1.807, 2.05) is 0 Å². The second kappa shape index (κ2) is 5.39. The van der Waals surface area contributed by atoms with Gasteiger partial charge in [0.05, 0.1) is 5.56 Å². The van der Waals surface area contributed by atoms with Gasteiger partial charge in [-0.05, 0) is 12.1 Å². The maximum absolute atomic E-state index is 11.9. The number of nitrogens with one attached hydrogen (secondary N) is 2. The summed E-state index contributed by atoms with van der Waals surface area (Å²) in [4.78, 5) is 22.5. The van der Waals surface area contributed by atoms with Gasteiger partial charge in [-0.3, -0.25) is 9.59 Å². The summed E-state index contributed by atoms with van der Waals surface area (Å²) in [6.45, 7) is 2.32. The lowest BCUT2D eigenvalue weighted by atomic mass is 10.1. The van der Waals surface area contributed by atoms with Crippen molar-refractivity contribution in [2.75, 3.05) is 19.9 Å². The van der Waals surface area contributed by atoms with Gasteiger partial charge in [0.2, 0.25) is 12.7 Å². The van der Waals surface area contributed by atoms with Crippen LogP contribution in [0.3, 0.4) is 0 Å². The van der Waals surface area contributed by atoms with E-state index in [1.165, 1.54) is 6.92 Å². The third-order valence-electron chi connectivity index (χ3n) is 2.43. The van der Waals surface area contributed by atoms with E-state index in [-0.39, 0.29) is 18.6 Å². The molecule has 1 heterocycles. The topological polar surface area (TPSA) is 76.7 Å². The zero-order chi connectivity index (χ0) is 13.0. The van der Waals surface area contributed by atoms with E-state index < -0.39 is 0 Å². The van der Waals surface area contributed by atoms with Crippen molar-refractivity contribution in [2.24, 2.45) is 0 Å². The number of carbonyl (C=O) groups excluding carboxylic acids is 2. The molecular formula is C12H14N2O4. The van der Waals surface area contributed by atoms with Crippen molar-refractivity contribution in [2.45, 2.75) is 6.92 Å². The first-order chi connectivity index (χ1) is 8.68. The van der Waals surface area contributed by atoms with Crippen molar-refractivity contribution >= 4 is 11.8 Å². The van der Waals surface area contributed by atoms with Gasteiger partial charge in [-0.1, -0.05) is 6.07 Å². The third-order valence-corrected chi connectivity index (χ3v) is 2.43. The molecule has 2 N–H and O–H groups in total. The maximum atomic E-state index is 11.9. The van der Waals surface area contributed by atoms with Crippen LogP contribution in [0.1, 0.15) is 17.3 Å². The summed E-state index contributed by atoms with van der Waals surface area (Å²) < 4.78 is 10.4. The lowest BCUT2D eigenvalue weighted by Crippen LogP contribution is -2.33. The molecule has 1 aliphatic heterocycles. The molecule has 6 heteroatoms. The zero-order valence-electron chi connectivity index (χ0n) is 9.99. The van der Waals surface area contributed by atoms with E-state index >= 15 is 0 Å². The highest BCUT2D eigenvalue weighted by molar-refractivity contribution is 5.97. The van der Waals surface area contributed by atoms with Crippen LogP contribution in [0, 0.1) is 0 Å². The molecular weight excluding hydrogens is 236 g/mol. The predicted octanol–water partition coefficient (Wildman–Crippen LogP) is 0.281. The zero-order valence-corrected chi connectivity index (χ0v) is 9.99. The van der Waals surface area contributed by atoms with E-state index in [1.54, 1.807) is 18.2 Å². The van der Waals surface area contributed by atoms with Crippen molar-refractivity contribution in [1.82, 2.24) is 10.6 Å². The Hall–Kier alpha value is -2.24. The van der Waals surface area contributed by atoms with Gasteiger partial charge in [0.1, 0.15) is 0 Å². The highest BCUT2D eigenvalue weighted by Crippen LogP contribution is 2.35. The number of amides is 2. The number of para-hydroxylation sites is 1. The fraction of sp³-hybridized carbons (Fsp3) is 0.333. The van der Waals surface area contributed by atoms with Crippen LogP contribution in [0.4, 0.5) is 0 Å². The summed E-state index contributed by atoms with van der Waals surface area (Å²) in [5, 5.41) is 5.29. The molecule has 0 bridgehead atoms. The number of ether oxygens (including phenoxy) is 2. The van der Waals surface area contributed by atoms with Crippen LogP contribution in [0.2, 0.25) is 0 Å². The number of rotatable bonds is 4. The SMILES string of the molecule is CC(=O)NCCNC(=O)c1cccc2c1OCO2. The first kappa shape index (κ1) is 12.2. The second-order valence-corrected chi connectivity index (χ2v) is 3.78. The van der Waals surface area contributed by atoms with Crippen molar-refractivity contribution in [1.29, 1.82) is 0 Å². The molecule has 18 heavy (non-hydrogen) atoms. The van der Waals surface area contributed by atoms with Crippen molar-refractivity contribution in [3.63, 3.8) is 0 Å². The van der Waals surface area contributed by atoms with E-state index in [0.29, 0.717) is 30.2 Å². The Bertz CT molecular complexity index is 473. The molecule has 96 valence electrons. The standard InChI is InChI=1S/C12H14N2O4/c1-8(15)13-5-6-14-12(16)9-3-2-4-10-11(9)18-7-17-10/h2-4H,5-7H2,1H3,(H,13,15)(H,14,16). The molecule has 0 fully saturated rings. The molecule has 1 aliphatic rings. The molecule has 0 unspecified atom stereocenters. The Kier molecular flexibility index (Phi) is 3.66. The summed E-state index contributed by atoms with van der Waals surface area (Å²) in [5.74, 6) is 0.670. The van der Waals surface area contributed by atoms with Gasteiger partial charge in [-0.2, -0.15) is 0 Å². The summed E-state index contributed by atoms with van der Waals surface area (Å²) >= 11 is 0. The van der Waals surface area contributed by atoms with Gasteiger partial charge < -0.3 is 20.1 Å². The molecule has 0 spiro atoms. The van der Waals surface area contributed by atoms with Crippen LogP contribution < -0.4 is 20.1 Å². The molecule has 0 saturated heterocycles. The van der Waals surface area contributed by atoms with Crippen LogP contribution in [0.15, 0.2) is 18.2 Å². The first-order valence-corrected chi connectivity index (χ1v) is 5.59. The summed E-state index contributed by atoms with van der Waals surface area (Å²) in [7, 11) is 0. The minimum atomic E-state index is -0.247. The Balaban J connectivity index is 1.93. The number of hydrogen-bond acceptors (Lipinski definition) is 4. The van der Waals surface area contributed by atoms with Crippen molar-refractivity contribution in [3.8, 4) is 11.5 Å². The number of hydrogen-bond donors (Lipinski definition) is 2. The average molecular weight is 250 g/mol. The predicted molar refractivity (Wildman–Crippen MR) is 63.6 cm³/mol. The maximum Gasteiger partial charge on any atom is 0.255 e. The van der Waals surface area contributed by atoms with Crippen LogP contribution in [-0.4, -0.2) is 31.7 Å². The molecule has 0 aromatic heterocycles. The van der Waals surface area contributed by atoms with Gasteiger partial charge in [0.15, 0.2) is 11.5 Å². The Morgan fingerprint density at radius 2 is 2.00 bits per heavy atom. The first-order valence-electron chi connectivity index (χ1n) is 5.59. The Morgan fingerprint density at radius 1 is 1.22 bits per heavy atom. The summed E-state index contributed by atoms with van der Waals surface area (Å²) in [6.07, 6.45) is 0. The third kappa shape index (κ3) is 2.71. The van der Waals surface area contributed by atoms with Crippen LogP contribution in [-0.2, 0) is 4.79 Å². The monoisotopic (exact) mass is 250 g/mol. The minimum absolute atomic E-state index is 0.124. The normalized spacial score (nSPS) is 12.1. The molecule has 0 radical (unpaired) electrons. The van der Waals surface area contributed by atoms with Crippen molar-refractivity contribution < 1.29 is 19.1 Å². The highest BCUT2D eigenvalue weighted by atomic mass is 16.7. The molecule has 1 aromatic carbocycles. The van der Waals surface area contributed by atoms with Crippen LogP contribution in [0.25, 0.3) is 0 Å². The van der Waals surface area contributed by atoms with Gasteiger partial charge in [0.25, 0.3) is 5.91 Å². The van der Waals surface area contributed by atoms with Gasteiger partial charge in [-0.25, -0.2) is 0 Å². The van der Waals surface area contributed by atoms with Gasteiger partial charge in [-0.15, -0.1) is 0 Å². The van der Waals surface area contributed by atoms with E-state index in [2.05, 4.69) is 10.6 Å². The van der Waals surface area contributed by atoms with Crippen molar-refractivity contribution in [3.05, 3.63) is 23.8 Å². The summed E-state index contributed by atoms with van der Waals surface area (Å²) in [6, 6.07) is 5.15. The molecule has 0 aliphatic carbocycles. The summed E-state index contributed by atoms with van der Waals surface area (Å²) in [5.41, 5.74) is 0.438. The highest BCUT2D eigenvalue weighted by Gasteiger charge is 2.21. The fourth-order valence-electron chi connectivity index (χ4n) is 1.62.